The SMILES string of the molecule is CCCCOc1ccc(C(=N)N)cc1Br. The summed E-state index contributed by atoms with van der Waals surface area (Å²) >= 11 is 3.39. The molecule has 1 rings (SSSR count). The number of unbranched alkanes of at least 4 members (excludes halogenated alkanes) is 1. The molecule has 0 saturated heterocycles. The topological polar surface area (TPSA) is 59.1 Å². The van der Waals surface area contributed by atoms with Crippen LogP contribution < -0.4 is 10.5 Å². The van der Waals surface area contributed by atoms with Gasteiger partial charge in [0.15, 0.2) is 0 Å². The largest absolute Gasteiger partial charge is 0.492 e. The first-order valence-electron chi connectivity index (χ1n) is 4.92. The fourth-order valence-corrected chi connectivity index (χ4v) is 1.61. The number of amidine groups is 1. The molecule has 0 heterocycles. The van der Waals surface area contributed by atoms with E-state index in [-0.39, 0.29) is 5.84 Å². The minimum Gasteiger partial charge on any atom is -0.492 e. The highest BCUT2D eigenvalue weighted by Crippen LogP contribution is 2.26. The molecule has 4 heteroatoms. The predicted octanol–water partition coefficient (Wildman–Crippen LogP) is 2.91. The number of ether oxygens (including phenoxy) is 1. The fraction of sp³-hybridized carbons (Fsp3) is 0.364. The van der Waals surface area contributed by atoms with Crippen molar-refractivity contribution in [2.75, 3.05) is 6.61 Å². The highest BCUT2D eigenvalue weighted by atomic mass is 79.9. The van der Waals surface area contributed by atoms with Gasteiger partial charge in [-0.05, 0) is 40.5 Å². The van der Waals surface area contributed by atoms with Crippen LogP contribution >= 0.6 is 15.9 Å². The summed E-state index contributed by atoms with van der Waals surface area (Å²) in [5.74, 6) is 0.865. The molecule has 0 bridgehead atoms. The molecule has 0 saturated carbocycles. The van der Waals surface area contributed by atoms with Crippen molar-refractivity contribution in [3.8, 4) is 5.75 Å². The van der Waals surface area contributed by atoms with Crippen LogP contribution in [0.3, 0.4) is 0 Å². The van der Waals surface area contributed by atoms with Gasteiger partial charge in [-0.3, -0.25) is 5.41 Å². The van der Waals surface area contributed by atoms with Crippen LogP contribution in [0, 0.1) is 5.41 Å². The maximum absolute atomic E-state index is 7.29. The van der Waals surface area contributed by atoms with Gasteiger partial charge in [0.05, 0.1) is 11.1 Å². The number of benzene rings is 1. The van der Waals surface area contributed by atoms with E-state index in [1.807, 2.05) is 6.07 Å². The van der Waals surface area contributed by atoms with Gasteiger partial charge >= 0.3 is 0 Å². The summed E-state index contributed by atoms with van der Waals surface area (Å²) in [5, 5.41) is 7.29. The summed E-state index contributed by atoms with van der Waals surface area (Å²) < 4.78 is 6.39. The van der Waals surface area contributed by atoms with Gasteiger partial charge in [-0.1, -0.05) is 13.3 Å². The van der Waals surface area contributed by atoms with E-state index >= 15 is 0 Å². The van der Waals surface area contributed by atoms with Gasteiger partial charge in [0.25, 0.3) is 0 Å². The molecule has 3 nitrogen and oxygen atoms in total. The summed E-state index contributed by atoms with van der Waals surface area (Å²) in [5.41, 5.74) is 6.07. The number of halogens is 1. The van der Waals surface area contributed by atoms with E-state index in [9.17, 15) is 0 Å². The van der Waals surface area contributed by atoms with Crippen LogP contribution in [0.15, 0.2) is 22.7 Å². The third-order valence-corrected chi connectivity index (χ3v) is 2.62. The Hall–Kier alpha value is -1.03. The zero-order chi connectivity index (χ0) is 11.3. The van der Waals surface area contributed by atoms with E-state index < -0.39 is 0 Å². The van der Waals surface area contributed by atoms with E-state index in [4.69, 9.17) is 15.9 Å². The van der Waals surface area contributed by atoms with Crippen LogP contribution in [0.25, 0.3) is 0 Å². The van der Waals surface area contributed by atoms with Gasteiger partial charge in [0.2, 0.25) is 0 Å². The van der Waals surface area contributed by atoms with Crippen LogP contribution in [0.5, 0.6) is 5.75 Å². The molecule has 0 unspecified atom stereocenters. The third kappa shape index (κ3) is 3.55. The number of hydrogen-bond donors (Lipinski definition) is 2. The monoisotopic (exact) mass is 270 g/mol. The molecule has 0 amide bonds. The van der Waals surface area contributed by atoms with Gasteiger partial charge in [0, 0.05) is 5.56 Å². The lowest BCUT2D eigenvalue weighted by Gasteiger charge is -2.08. The fourth-order valence-electron chi connectivity index (χ4n) is 1.11. The van der Waals surface area contributed by atoms with Crippen molar-refractivity contribution in [2.24, 2.45) is 5.73 Å². The number of nitrogen functional groups attached to an aromatic ring is 1. The van der Waals surface area contributed by atoms with Crippen LogP contribution in [-0.4, -0.2) is 12.4 Å². The van der Waals surface area contributed by atoms with Crippen LogP contribution in [-0.2, 0) is 0 Å². The number of nitrogens with two attached hydrogens (primary N) is 1. The predicted molar refractivity (Wildman–Crippen MR) is 65.6 cm³/mol. The minimum atomic E-state index is 0.0656. The molecule has 82 valence electrons. The lowest BCUT2D eigenvalue weighted by Crippen LogP contribution is -2.10. The van der Waals surface area contributed by atoms with Gasteiger partial charge in [-0.15, -0.1) is 0 Å². The highest BCUT2D eigenvalue weighted by molar-refractivity contribution is 9.10. The molecule has 0 aliphatic heterocycles. The molecule has 0 spiro atoms. The Morgan fingerprint density at radius 3 is 2.80 bits per heavy atom. The van der Waals surface area contributed by atoms with Crippen molar-refractivity contribution in [2.45, 2.75) is 19.8 Å². The van der Waals surface area contributed by atoms with Gasteiger partial charge in [0.1, 0.15) is 11.6 Å². The number of hydrogen-bond acceptors (Lipinski definition) is 2. The zero-order valence-electron chi connectivity index (χ0n) is 8.72. The van der Waals surface area contributed by atoms with Gasteiger partial charge in [-0.2, -0.15) is 0 Å². The van der Waals surface area contributed by atoms with Crippen molar-refractivity contribution in [3.05, 3.63) is 28.2 Å². The van der Waals surface area contributed by atoms with Gasteiger partial charge < -0.3 is 10.5 Å². The molecule has 0 radical (unpaired) electrons. The summed E-state index contributed by atoms with van der Waals surface area (Å²) in [4.78, 5) is 0. The molecule has 0 aliphatic carbocycles. The first-order valence-corrected chi connectivity index (χ1v) is 5.71. The Bertz CT molecular complexity index is 352. The normalized spacial score (nSPS) is 10.0. The number of nitrogens with one attached hydrogen (secondary N) is 1. The minimum absolute atomic E-state index is 0.0656. The van der Waals surface area contributed by atoms with Crippen molar-refractivity contribution in [3.63, 3.8) is 0 Å². The van der Waals surface area contributed by atoms with Gasteiger partial charge in [-0.25, -0.2) is 0 Å². The second kappa shape index (κ2) is 5.75. The molecule has 0 aliphatic rings. The molecular weight excluding hydrogens is 256 g/mol. The summed E-state index contributed by atoms with van der Waals surface area (Å²) in [6.07, 6.45) is 2.16. The van der Waals surface area contributed by atoms with Crippen molar-refractivity contribution in [1.29, 1.82) is 5.41 Å². The molecule has 0 fully saturated rings. The Morgan fingerprint density at radius 1 is 1.53 bits per heavy atom. The quantitative estimate of drug-likeness (QED) is 0.491. The summed E-state index contributed by atoms with van der Waals surface area (Å²) in [7, 11) is 0. The lowest BCUT2D eigenvalue weighted by molar-refractivity contribution is 0.307. The van der Waals surface area contributed by atoms with E-state index in [2.05, 4.69) is 22.9 Å². The Morgan fingerprint density at radius 2 is 2.27 bits per heavy atom. The average molecular weight is 271 g/mol. The highest BCUT2D eigenvalue weighted by Gasteiger charge is 2.03. The number of rotatable bonds is 5. The smallest absolute Gasteiger partial charge is 0.133 e. The molecule has 1 aromatic rings. The molecule has 3 N–H and O–H groups in total. The lowest BCUT2D eigenvalue weighted by atomic mass is 10.2. The van der Waals surface area contributed by atoms with Crippen LogP contribution in [0.2, 0.25) is 0 Å². The Kier molecular flexibility index (Phi) is 4.62. The van der Waals surface area contributed by atoms with Crippen LogP contribution in [0.4, 0.5) is 0 Å². The van der Waals surface area contributed by atoms with E-state index in [0.29, 0.717) is 12.2 Å². The molecule has 0 atom stereocenters. The Balaban J connectivity index is 2.70. The second-order valence-corrected chi connectivity index (χ2v) is 4.12. The van der Waals surface area contributed by atoms with Crippen molar-refractivity contribution in [1.82, 2.24) is 0 Å². The third-order valence-electron chi connectivity index (χ3n) is 2.00. The first kappa shape index (κ1) is 12.0. The second-order valence-electron chi connectivity index (χ2n) is 3.26. The molecule has 0 aromatic heterocycles. The van der Waals surface area contributed by atoms with Crippen LogP contribution in [0.1, 0.15) is 25.3 Å². The average Bonchev–Trinajstić information content (AvgIpc) is 2.20. The molecular formula is C11H15BrN2O. The Labute approximate surface area is 98.3 Å². The standard InChI is InChI=1S/C11H15BrN2O/c1-2-3-6-15-10-5-4-8(11(13)14)7-9(10)12/h4-5,7H,2-3,6H2,1H3,(H3,13,14). The molecule has 15 heavy (non-hydrogen) atoms. The maximum atomic E-state index is 7.29. The maximum Gasteiger partial charge on any atom is 0.133 e. The zero-order valence-corrected chi connectivity index (χ0v) is 10.3. The van der Waals surface area contributed by atoms with E-state index in [0.717, 1.165) is 23.1 Å². The van der Waals surface area contributed by atoms with E-state index in [1.165, 1.54) is 0 Å². The van der Waals surface area contributed by atoms with E-state index in [1.54, 1.807) is 12.1 Å². The first-order chi connectivity index (χ1) is 7.15. The van der Waals surface area contributed by atoms with Crippen molar-refractivity contribution >= 4 is 21.8 Å². The summed E-state index contributed by atoms with van der Waals surface area (Å²) in [6.45, 7) is 2.84. The van der Waals surface area contributed by atoms with Crippen molar-refractivity contribution < 1.29 is 4.74 Å². The summed E-state index contributed by atoms with van der Waals surface area (Å²) in [6, 6.07) is 5.41. The molecule has 1 aromatic carbocycles.